The van der Waals surface area contributed by atoms with E-state index in [1.54, 1.807) is 12.1 Å². The predicted molar refractivity (Wildman–Crippen MR) is 80.3 cm³/mol. The zero-order valence-electron chi connectivity index (χ0n) is 11.3. The lowest BCUT2D eigenvalue weighted by atomic mass is 10.1. The number of benzene rings is 2. The van der Waals surface area contributed by atoms with Gasteiger partial charge in [-0.2, -0.15) is 0 Å². The third-order valence-corrected chi connectivity index (χ3v) is 4.38. The van der Waals surface area contributed by atoms with Gasteiger partial charge < -0.3 is 5.11 Å². The molecule has 0 aliphatic rings. The fourth-order valence-electron chi connectivity index (χ4n) is 2.20. The van der Waals surface area contributed by atoms with Crippen LogP contribution in [-0.4, -0.2) is 16.1 Å². The third-order valence-electron chi connectivity index (χ3n) is 3.30. The number of hydrogen-bond acceptors (Lipinski definition) is 3. The summed E-state index contributed by atoms with van der Waals surface area (Å²) in [6.07, 6.45) is 1.13. The van der Waals surface area contributed by atoms with Gasteiger partial charge in [-0.15, -0.1) is 11.3 Å². The summed E-state index contributed by atoms with van der Waals surface area (Å²) < 4.78 is 27.4. The minimum Gasteiger partial charge on any atom is -0.478 e. The summed E-state index contributed by atoms with van der Waals surface area (Å²) in [7, 11) is 0. The third kappa shape index (κ3) is 2.82. The summed E-state index contributed by atoms with van der Waals surface area (Å²) in [4.78, 5) is 15.1. The van der Waals surface area contributed by atoms with E-state index in [2.05, 4.69) is 4.98 Å². The van der Waals surface area contributed by atoms with E-state index < -0.39 is 17.6 Å². The second kappa shape index (κ2) is 5.81. The Bertz CT molecular complexity index is 860. The lowest BCUT2D eigenvalue weighted by Crippen LogP contribution is -1.98. The molecule has 6 heteroatoms. The Morgan fingerprint density at radius 2 is 2.00 bits per heavy atom. The Balaban J connectivity index is 1.81. The van der Waals surface area contributed by atoms with Crippen LogP contribution in [0.3, 0.4) is 0 Å². The highest BCUT2D eigenvalue weighted by molar-refractivity contribution is 7.18. The molecule has 0 atom stereocenters. The molecule has 1 aromatic heterocycles. The number of fused-ring (bicyclic) bond motifs is 1. The van der Waals surface area contributed by atoms with Gasteiger partial charge in [0.25, 0.3) is 0 Å². The van der Waals surface area contributed by atoms with E-state index >= 15 is 0 Å². The van der Waals surface area contributed by atoms with Crippen LogP contribution in [0.1, 0.15) is 20.9 Å². The molecule has 0 aliphatic carbocycles. The van der Waals surface area contributed by atoms with Crippen molar-refractivity contribution in [3.05, 3.63) is 64.2 Å². The molecule has 0 aliphatic heterocycles. The lowest BCUT2D eigenvalue weighted by molar-refractivity contribution is 0.0696. The number of carbonyl (C=O) groups is 1. The van der Waals surface area contributed by atoms with Gasteiger partial charge >= 0.3 is 5.97 Å². The quantitative estimate of drug-likeness (QED) is 0.789. The van der Waals surface area contributed by atoms with Crippen molar-refractivity contribution in [1.29, 1.82) is 0 Å². The Hall–Kier alpha value is -2.34. The van der Waals surface area contributed by atoms with Gasteiger partial charge in [-0.05, 0) is 36.2 Å². The van der Waals surface area contributed by atoms with Gasteiger partial charge in [0.15, 0.2) is 11.6 Å². The Morgan fingerprint density at radius 1 is 1.18 bits per heavy atom. The molecule has 112 valence electrons. The lowest BCUT2D eigenvalue weighted by Gasteiger charge is -2.01. The van der Waals surface area contributed by atoms with Crippen LogP contribution in [-0.2, 0) is 12.8 Å². The minimum atomic E-state index is -0.973. The second-order valence-electron chi connectivity index (χ2n) is 4.82. The molecule has 0 saturated heterocycles. The van der Waals surface area contributed by atoms with Gasteiger partial charge in [0, 0.05) is 6.42 Å². The van der Waals surface area contributed by atoms with E-state index in [0.717, 1.165) is 11.6 Å². The highest BCUT2D eigenvalue weighted by Crippen LogP contribution is 2.26. The maximum atomic E-state index is 13.6. The van der Waals surface area contributed by atoms with Crippen molar-refractivity contribution in [2.45, 2.75) is 12.8 Å². The van der Waals surface area contributed by atoms with Gasteiger partial charge in [-0.3, -0.25) is 0 Å². The predicted octanol–water partition coefficient (Wildman–Crippen LogP) is 4.06. The zero-order chi connectivity index (χ0) is 15.7. The smallest absolute Gasteiger partial charge is 0.335 e. The normalized spacial score (nSPS) is 11.0. The summed E-state index contributed by atoms with van der Waals surface area (Å²) in [5.74, 6) is -2.80. The number of aromatic carboxylic acids is 1. The van der Waals surface area contributed by atoms with Crippen LogP contribution in [0.15, 0.2) is 36.4 Å². The molecule has 0 spiro atoms. The van der Waals surface area contributed by atoms with Crippen molar-refractivity contribution in [1.82, 2.24) is 4.98 Å². The van der Waals surface area contributed by atoms with E-state index in [1.165, 1.54) is 23.5 Å². The first-order valence-corrected chi connectivity index (χ1v) is 7.42. The van der Waals surface area contributed by atoms with E-state index in [1.807, 2.05) is 6.07 Å². The van der Waals surface area contributed by atoms with Crippen molar-refractivity contribution in [2.75, 3.05) is 0 Å². The van der Waals surface area contributed by atoms with E-state index in [0.29, 0.717) is 22.5 Å². The average molecular weight is 319 g/mol. The van der Waals surface area contributed by atoms with E-state index in [-0.39, 0.29) is 11.1 Å². The van der Waals surface area contributed by atoms with Crippen molar-refractivity contribution in [3.63, 3.8) is 0 Å². The number of carboxylic acids is 1. The molecule has 1 N–H and O–H groups in total. The number of aryl methyl sites for hydroxylation is 2. The minimum absolute atomic E-state index is 0.0549. The molecule has 1 heterocycles. The number of aromatic nitrogens is 1. The van der Waals surface area contributed by atoms with Crippen LogP contribution in [0.25, 0.3) is 10.2 Å². The summed E-state index contributed by atoms with van der Waals surface area (Å²) >= 11 is 1.32. The fourth-order valence-corrected chi connectivity index (χ4v) is 3.16. The number of rotatable bonds is 4. The molecule has 3 nitrogen and oxygen atoms in total. The van der Waals surface area contributed by atoms with Crippen molar-refractivity contribution in [2.24, 2.45) is 0 Å². The van der Waals surface area contributed by atoms with Gasteiger partial charge in [-0.25, -0.2) is 18.6 Å². The maximum absolute atomic E-state index is 13.6. The molecule has 2 aromatic carbocycles. The molecule has 0 amide bonds. The fraction of sp³-hybridized carbons (Fsp3) is 0.125. The summed E-state index contributed by atoms with van der Waals surface area (Å²) in [5.41, 5.74) is 1.15. The first kappa shape index (κ1) is 14.6. The number of carboxylic acid groups (broad SMARTS) is 1. The SMILES string of the molecule is O=C(O)c1cccc(CCc2nc3c(F)c(F)ccc3s2)c1. The molecule has 3 aromatic rings. The van der Waals surface area contributed by atoms with E-state index in [9.17, 15) is 13.6 Å². The Labute approximate surface area is 128 Å². The van der Waals surface area contributed by atoms with Gasteiger partial charge in [-0.1, -0.05) is 12.1 Å². The molecular weight excluding hydrogens is 308 g/mol. The molecule has 0 fully saturated rings. The molecule has 0 unspecified atom stereocenters. The summed E-state index contributed by atoms with van der Waals surface area (Å²) in [5, 5.41) is 9.65. The summed E-state index contributed by atoms with van der Waals surface area (Å²) in [6.45, 7) is 0. The first-order valence-electron chi connectivity index (χ1n) is 6.60. The standard InChI is InChI=1S/C16H11F2NO2S/c17-11-5-6-12-15(14(11)18)19-13(22-12)7-4-9-2-1-3-10(8-9)16(20)21/h1-3,5-6,8H,4,7H2,(H,20,21). The first-order chi connectivity index (χ1) is 10.5. The number of hydrogen-bond donors (Lipinski definition) is 1. The zero-order valence-corrected chi connectivity index (χ0v) is 12.2. The molecular formula is C16H11F2NO2S. The molecule has 22 heavy (non-hydrogen) atoms. The highest BCUT2D eigenvalue weighted by Gasteiger charge is 2.12. The van der Waals surface area contributed by atoms with Gasteiger partial charge in [0.05, 0.1) is 15.3 Å². The highest BCUT2D eigenvalue weighted by atomic mass is 32.1. The van der Waals surface area contributed by atoms with Crippen LogP contribution >= 0.6 is 11.3 Å². The monoisotopic (exact) mass is 319 g/mol. The summed E-state index contributed by atoms with van der Waals surface area (Å²) in [6, 6.07) is 9.26. The van der Waals surface area contributed by atoms with Crippen LogP contribution < -0.4 is 0 Å². The Kier molecular flexibility index (Phi) is 3.85. The largest absolute Gasteiger partial charge is 0.478 e. The van der Waals surface area contributed by atoms with Crippen molar-refractivity contribution >= 4 is 27.5 Å². The molecule has 0 bridgehead atoms. The van der Waals surface area contributed by atoms with E-state index in [4.69, 9.17) is 5.11 Å². The number of thiazole rings is 1. The van der Waals surface area contributed by atoms with Crippen LogP contribution in [0, 0.1) is 11.6 Å². The van der Waals surface area contributed by atoms with Crippen molar-refractivity contribution in [3.8, 4) is 0 Å². The van der Waals surface area contributed by atoms with Gasteiger partial charge in [0.1, 0.15) is 5.52 Å². The molecule has 0 saturated carbocycles. The molecule has 3 rings (SSSR count). The van der Waals surface area contributed by atoms with Gasteiger partial charge in [0.2, 0.25) is 0 Å². The Morgan fingerprint density at radius 3 is 2.77 bits per heavy atom. The van der Waals surface area contributed by atoms with Crippen LogP contribution in [0.5, 0.6) is 0 Å². The molecule has 0 radical (unpaired) electrons. The number of nitrogens with zero attached hydrogens (tertiary/aromatic N) is 1. The second-order valence-corrected chi connectivity index (χ2v) is 5.94. The maximum Gasteiger partial charge on any atom is 0.335 e. The van der Waals surface area contributed by atoms with Crippen molar-refractivity contribution < 1.29 is 18.7 Å². The van der Waals surface area contributed by atoms with Crippen LogP contribution in [0.2, 0.25) is 0 Å². The topological polar surface area (TPSA) is 50.2 Å². The average Bonchev–Trinajstić information content (AvgIpc) is 2.93. The number of halogens is 2. The van der Waals surface area contributed by atoms with Crippen LogP contribution in [0.4, 0.5) is 8.78 Å².